The molecule has 1 aliphatic rings. The Morgan fingerprint density at radius 3 is 1.58 bits per heavy atom. The van der Waals surface area contributed by atoms with Gasteiger partial charge in [-0.25, -0.2) is 0 Å². The Morgan fingerprint density at radius 1 is 0.818 bits per heavy atom. The quantitative estimate of drug-likeness (QED) is 0.349. The number of ketones is 1. The van der Waals surface area contributed by atoms with Crippen LogP contribution in [-0.4, -0.2) is 54.3 Å². The van der Waals surface area contributed by atoms with Crippen LogP contribution in [0.1, 0.15) is 68.7 Å². The normalized spacial score (nSPS) is 27.1. The summed E-state index contributed by atoms with van der Waals surface area (Å²) in [5.74, 6) is -3.59. The minimum atomic E-state index is -3.61. The van der Waals surface area contributed by atoms with Gasteiger partial charge in [0.15, 0.2) is 18.5 Å². The highest BCUT2D eigenvalue weighted by atomic mass is 79.9. The average Bonchev–Trinajstić information content (AvgIpc) is 2.59. The number of hydrogen-bond acceptors (Lipinski definition) is 7. The number of Topliss-reactive ketones (excluding diaryl/α,β-unsaturated/α-hetero) is 1. The van der Waals surface area contributed by atoms with Crippen LogP contribution in [0.5, 0.6) is 0 Å². The Morgan fingerprint density at radius 2 is 1.24 bits per heavy atom. The number of methoxy groups -OCH3 is 1. The fourth-order valence-electron chi connectivity index (χ4n) is 2.99. The molecule has 10 heteroatoms. The van der Waals surface area contributed by atoms with Crippen molar-refractivity contribution in [3.8, 4) is 0 Å². The van der Waals surface area contributed by atoms with E-state index in [2.05, 4.69) is 15.9 Å². The van der Waals surface area contributed by atoms with E-state index in [0.717, 1.165) is 0 Å². The topological polar surface area (TPSA) is 88.1 Å². The van der Waals surface area contributed by atoms with E-state index < -0.39 is 63.5 Å². The van der Waals surface area contributed by atoms with Crippen molar-refractivity contribution in [1.29, 1.82) is 0 Å². The molecule has 5 atom stereocenters. The molecule has 1 fully saturated rings. The van der Waals surface area contributed by atoms with Gasteiger partial charge in [0.05, 0.1) is 10.8 Å². The first-order valence-electron chi connectivity index (χ1n) is 10.8. The lowest BCUT2D eigenvalue weighted by Crippen LogP contribution is -2.62. The van der Waals surface area contributed by atoms with E-state index in [4.69, 9.17) is 18.9 Å². The summed E-state index contributed by atoms with van der Waals surface area (Å²) in [4.78, 5) is 34.7. The number of hydrogen-bond donors (Lipinski definition) is 0. The second-order valence-corrected chi connectivity index (χ2v) is 12.5. The summed E-state index contributed by atoms with van der Waals surface area (Å²) in [5, 5.41) is 0. The molecule has 0 radical (unpaired) electrons. The molecule has 1 heterocycles. The molecule has 0 amide bonds. The zero-order valence-corrected chi connectivity index (χ0v) is 22.7. The molecule has 0 aromatic rings. The van der Waals surface area contributed by atoms with Gasteiger partial charge in [-0.2, -0.15) is 8.78 Å². The van der Waals surface area contributed by atoms with Gasteiger partial charge in [0, 0.05) is 18.9 Å². The summed E-state index contributed by atoms with van der Waals surface area (Å²) >= 11 is 2.35. The first kappa shape index (κ1) is 29.9. The van der Waals surface area contributed by atoms with Crippen molar-refractivity contribution in [2.24, 2.45) is 22.2 Å². The van der Waals surface area contributed by atoms with E-state index in [-0.39, 0.29) is 12.2 Å². The maximum atomic E-state index is 14.7. The van der Waals surface area contributed by atoms with Crippen LogP contribution in [0.2, 0.25) is 0 Å². The number of alkyl halides is 3. The standard InChI is InChI=1S/C23H37BrF2O7/c1-20(2,3)13(27)11-12-15(32-18(28)21(4,5)6)16(33-19(29)22(7,8)9)14(23(24,25)26)17(30-10)31-12/h12,14-17H,11H2,1-10H3/t12-,14-,15+,16-,17-/m1/s1. The van der Waals surface area contributed by atoms with E-state index in [1.807, 2.05) is 0 Å². The molecular formula is C23H37BrF2O7. The number of rotatable bonds is 6. The molecule has 33 heavy (non-hydrogen) atoms. The Balaban J connectivity index is 3.60. The summed E-state index contributed by atoms with van der Waals surface area (Å²) in [6.07, 6.45) is -6.07. The van der Waals surface area contributed by atoms with Crippen LogP contribution >= 0.6 is 15.9 Å². The van der Waals surface area contributed by atoms with Crippen LogP contribution in [-0.2, 0) is 33.3 Å². The molecule has 192 valence electrons. The lowest BCUT2D eigenvalue weighted by Gasteiger charge is -2.47. The summed E-state index contributed by atoms with van der Waals surface area (Å²) in [5.41, 5.74) is -2.78. The van der Waals surface area contributed by atoms with E-state index in [1.54, 1.807) is 62.3 Å². The molecule has 0 aromatic carbocycles. The fraction of sp³-hybridized carbons (Fsp3) is 0.870. The third kappa shape index (κ3) is 7.96. The van der Waals surface area contributed by atoms with Crippen LogP contribution in [0.4, 0.5) is 8.78 Å². The van der Waals surface area contributed by atoms with Gasteiger partial charge in [-0.1, -0.05) is 20.8 Å². The second kappa shape index (κ2) is 10.2. The van der Waals surface area contributed by atoms with E-state index in [9.17, 15) is 23.2 Å². The Bertz CT molecular complexity index is 729. The van der Waals surface area contributed by atoms with Crippen molar-refractivity contribution in [3.05, 3.63) is 0 Å². The number of carbonyl (C=O) groups excluding carboxylic acids is 3. The molecular weight excluding hydrogens is 506 g/mol. The van der Waals surface area contributed by atoms with Gasteiger partial charge in [0.2, 0.25) is 0 Å². The summed E-state index contributed by atoms with van der Waals surface area (Å²) in [6, 6.07) is 0. The van der Waals surface area contributed by atoms with Gasteiger partial charge in [0.1, 0.15) is 17.8 Å². The molecule has 1 rings (SSSR count). The molecule has 1 aliphatic heterocycles. The predicted octanol–water partition coefficient (Wildman–Crippen LogP) is 4.88. The van der Waals surface area contributed by atoms with Crippen molar-refractivity contribution in [3.63, 3.8) is 0 Å². The highest BCUT2D eigenvalue weighted by molar-refractivity contribution is 9.10. The minimum absolute atomic E-state index is 0.246. The monoisotopic (exact) mass is 542 g/mol. The maximum Gasteiger partial charge on any atom is 0.312 e. The van der Waals surface area contributed by atoms with E-state index >= 15 is 0 Å². The highest BCUT2D eigenvalue weighted by Crippen LogP contribution is 2.45. The smallest absolute Gasteiger partial charge is 0.312 e. The lowest BCUT2D eigenvalue weighted by molar-refractivity contribution is -0.303. The van der Waals surface area contributed by atoms with Gasteiger partial charge < -0.3 is 18.9 Å². The fourth-order valence-corrected chi connectivity index (χ4v) is 3.46. The van der Waals surface area contributed by atoms with Gasteiger partial charge >= 0.3 is 16.8 Å². The summed E-state index contributed by atoms with van der Waals surface area (Å²) in [6.45, 7) is 14.6. The van der Waals surface area contributed by atoms with E-state index in [0.29, 0.717) is 0 Å². The van der Waals surface area contributed by atoms with E-state index in [1.165, 1.54) is 7.11 Å². The first-order chi connectivity index (χ1) is 14.6. The third-order valence-corrected chi connectivity index (χ3v) is 5.72. The number of ether oxygens (including phenoxy) is 4. The van der Waals surface area contributed by atoms with Crippen LogP contribution in [0.3, 0.4) is 0 Å². The molecule has 0 aromatic heterocycles. The predicted molar refractivity (Wildman–Crippen MR) is 121 cm³/mol. The minimum Gasteiger partial charge on any atom is -0.457 e. The van der Waals surface area contributed by atoms with Crippen LogP contribution < -0.4 is 0 Å². The van der Waals surface area contributed by atoms with Crippen LogP contribution in [0.15, 0.2) is 0 Å². The molecule has 0 unspecified atom stereocenters. The average molecular weight is 543 g/mol. The molecule has 0 saturated carbocycles. The van der Waals surface area contributed by atoms with Gasteiger partial charge in [-0.3, -0.25) is 14.4 Å². The molecule has 0 spiro atoms. The van der Waals surface area contributed by atoms with Crippen LogP contribution in [0, 0.1) is 22.2 Å². The van der Waals surface area contributed by atoms with Crippen molar-refractivity contribution in [1.82, 2.24) is 0 Å². The molecule has 7 nitrogen and oxygen atoms in total. The van der Waals surface area contributed by atoms with Crippen molar-refractivity contribution in [2.75, 3.05) is 7.11 Å². The SMILES string of the molecule is CO[C@@H]1O[C@H](CC(=O)C(C)(C)C)[C@H](OC(=O)C(C)(C)C)[C@H](OC(=O)C(C)(C)C)[C@H]1C(F)(F)Br. The highest BCUT2D eigenvalue weighted by Gasteiger charge is 2.60. The lowest BCUT2D eigenvalue weighted by atomic mass is 9.82. The zero-order chi connectivity index (χ0) is 26.2. The third-order valence-electron chi connectivity index (χ3n) is 5.19. The van der Waals surface area contributed by atoms with Crippen LogP contribution in [0.25, 0.3) is 0 Å². The summed E-state index contributed by atoms with van der Waals surface area (Å²) < 4.78 is 51.5. The second-order valence-electron chi connectivity index (χ2n) is 11.5. The number of esters is 2. The van der Waals surface area contributed by atoms with Gasteiger partial charge in [-0.05, 0) is 57.5 Å². The Labute approximate surface area is 203 Å². The molecule has 0 N–H and O–H groups in total. The largest absolute Gasteiger partial charge is 0.457 e. The summed E-state index contributed by atoms with van der Waals surface area (Å²) in [7, 11) is 1.17. The molecule has 0 aliphatic carbocycles. The molecule has 0 bridgehead atoms. The maximum absolute atomic E-state index is 14.7. The van der Waals surface area contributed by atoms with Crippen molar-refractivity contribution >= 4 is 33.7 Å². The Kier molecular flexibility index (Phi) is 9.28. The first-order valence-corrected chi connectivity index (χ1v) is 11.6. The van der Waals surface area contributed by atoms with Crippen molar-refractivity contribution < 1.29 is 42.1 Å². The van der Waals surface area contributed by atoms with Gasteiger partial charge in [-0.15, -0.1) is 0 Å². The number of carbonyl (C=O) groups is 3. The van der Waals surface area contributed by atoms with Gasteiger partial charge in [0.25, 0.3) is 0 Å². The Hall–Kier alpha value is -1.13. The number of halogens is 3. The molecule has 1 saturated heterocycles. The zero-order valence-electron chi connectivity index (χ0n) is 21.1. The van der Waals surface area contributed by atoms with Crippen molar-refractivity contribution in [2.45, 2.75) is 98.2 Å².